The number of hydrogen-bond donors (Lipinski definition) is 2. The lowest BCUT2D eigenvalue weighted by Crippen LogP contribution is -2.45. The fourth-order valence-corrected chi connectivity index (χ4v) is 3.89. The highest BCUT2D eigenvalue weighted by Gasteiger charge is 2.48. The molecule has 1 aromatic carbocycles. The molecule has 0 heterocycles. The minimum Gasteiger partial charge on any atom is -0.434 e. The molecule has 0 radical (unpaired) electrons. The van der Waals surface area contributed by atoms with Gasteiger partial charge in [0.2, 0.25) is 5.91 Å². The lowest BCUT2D eigenvalue weighted by Gasteiger charge is -2.27. The first-order valence-corrected chi connectivity index (χ1v) is 7.62. The number of alkyl halides is 2. The number of benzene rings is 1. The highest BCUT2D eigenvalue weighted by Crippen LogP contribution is 2.47. The summed E-state index contributed by atoms with van der Waals surface area (Å²) in [5, 5.41) is 2.83. The zero-order valence-corrected chi connectivity index (χ0v) is 12.2. The van der Waals surface area contributed by atoms with Crippen molar-refractivity contribution in [2.24, 2.45) is 23.5 Å². The van der Waals surface area contributed by atoms with E-state index in [0.717, 1.165) is 19.3 Å². The second-order valence-corrected chi connectivity index (χ2v) is 6.14. The zero-order valence-electron chi connectivity index (χ0n) is 12.2. The van der Waals surface area contributed by atoms with Crippen LogP contribution >= 0.6 is 0 Å². The summed E-state index contributed by atoms with van der Waals surface area (Å²) in [5.74, 6) is 0.686. The third-order valence-corrected chi connectivity index (χ3v) is 4.93. The van der Waals surface area contributed by atoms with Crippen molar-refractivity contribution >= 4 is 5.91 Å². The van der Waals surface area contributed by atoms with Crippen LogP contribution in [0.15, 0.2) is 24.3 Å². The molecule has 0 spiro atoms. The Hall–Kier alpha value is -1.69. The van der Waals surface area contributed by atoms with E-state index in [1.54, 1.807) is 18.2 Å². The van der Waals surface area contributed by atoms with Gasteiger partial charge >= 0.3 is 6.61 Å². The Kier molecular flexibility index (Phi) is 4.29. The van der Waals surface area contributed by atoms with E-state index in [9.17, 15) is 13.6 Å². The number of halogens is 2. The van der Waals surface area contributed by atoms with Gasteiger partial charge in [-0.3, -0.25) is 4.79 Å². The Morgan fingerprint density at radius 3 is 2.73 bits per heavy atom. The summed E-state index contributed by atoms with van der Waals surface area (Å²) >= 11 is 0. The monoisotopic (exact) mass is 310 g/mol. The third-order valence-electron chi connectivity index (χ3n) is 4.93. The van der Waals surface area contributed by atoms with Crippen LogP contribution < -0.4 is 15.8 Å². The van der Waals surface area contributed by atoms with Crippen LogP contribution in [-0.4, -0.2) is 18.6 Å². The maximum Gasteiger partial charge on any atom is 0.387 e. The van der Waals surface area contributed by atoms with Gasteiger partial charge in [-0.25, -0.2) is 0 Å². The number of carbonyl (C=O) groups is 1. The summed E-state index contributed by atoms with van der Waals surface area (Å²) in [4.78, 5) is 12.4. The van der Waals surface area contributed by atoms with Crippen LogP contribution in [0.5, 0.6) is 5.75 Å². The van der Waals surface area contributed by atoms with E-state index in [1.165, 1.54) is 6.07 Å². The standard InChI is InChI=1S/C16H20F2N2O2/c17-16(18)22-12-4-2-1-3-11(12)8-20-15(21)13-9-5-6-10(7-9)14(13)19/h1-4,9-10,13-14,16H,5-8,19H2,(H,20,21). The molecule has 2 bridgehead atoms. The smallest absolute Gasteiger partial charge is 0.387 e. The van der Waals surface area contributed by atoms with E-state index < -0.39 is 6.61 Å². The first-order valence-electron chi connectivity index (χ1n) is 7.62. The lowest BCUT2D eigenvalue weighted by molar-refractivity contribution is -0.127. The first kappa shape index (κ1) is 15.2. The third kappa shape index (κ3) is 2.92. The summed E-state index contributed by atoms with van der Waals surface area (Å²) in [6.45, 7) is -2.71. The Bertz CT molecular complexity index is 551. The molecule has 1 aromatic rings. The zero-order chi connectivity index (χ0) is 15.7. The molecule has 6 heteroatoms. The van der Waals surface area contributed by atoms with Crippen molar-refractivity contribution in [1.29, 1.82) is 0 Å². The van der Waals surface area contributed by atoms with Crippen LogP contribution in [0.2, 0.25) is 0 Å². The van der Waals surface area contributed by atoms with Gasteiger partial charge in [-0.15, -0.1) is 0 Å². The molecular weight excluding hydrogens is 290 g/mol. The normalized spacial score (nSPS) is 29.8. The highest BCUT2D eigenvalue weighted by atomic mass is 19.3. The number of rotatable bonds is 5. The van der Waals surface area contributed by atoms with Crippen LogP contribution in [0.3, 0.4) is 0 Å². The molecule has 2 aliphatic carbocycles. The number of amides is 1. The number of para-hydroxylation sites is 1. The summed E-state index contributed by atoms with van der Waals surface area (Å²) in [7, 11) is 0. The molecule has 0 aliphatic heterocycles. The second kappa shape index (κ2) is 6.20. The molecule has 3 N–H and O–H groups in total. The molecule has 4 nitrogen and oxygen atoms in total. The van der Waals surface area contributed by atoms with Crippen molar-refractivity contribution in [3.05, 3.63) is 29.8 Å². The number of hydrogen-bond acceptors (Lipinski definition) is 3. The summed E-state index contributed by atoms with van der Waals surface area (Å²) in [5.41, 5.74) is 6.68. The van der Waals surface area contributed by atoms with E-state index in [-0.39, 0.29) is 30.2 Å². The average molecular weight is 310 g/mol. The van der Waals surface area contributed by atoms with Crippen LogP contribution in [0.1, 0.15) is 24.8 Å². The van der Waals surface area contributed by atoms with E-state index in [2.05, 4.69) is 10.1 Å². The van der Waals surface area contributed by atoms with Gasteiger partial charge in [-0.2, -0.15) is 8.78 Å². The molecular formula is C16H20F2N2O2. The van der Waals surface area contributed by atoms with Crippen LogP contribution in [0.4, 0.5) is 8.78 Å². The quantitative estimate of drug-likeness (QED) is 0.877. The van der Waals surface area contributed by atoms with Gasteiger partial charge in [0, 0.05) is 18.2 Å². The Morgan fingerprint density at radius 2 is 2.05 bits per heavy atom. The predicted molar refractivity (Wildman–Crippen MR) is 77.2 cm³/mol. The average Bonchev–Trinajstić information content (AvgIpc) is 3.06. The first-order chi connectivity index (χ1) is 10.6. The van der Waals surface area contributed by atoms with Crippen LogP contribution in [0, 0.1) is 17.8 Å². The molecule has 22 heavy (non-hydrogen) atoms. The fraction of sp³-hybridized carbons (Fsp3) is 0.562. The minimum absolute atomic E-state index is 0.0773. The van der Waals surface area contributed by atoms with Crippen molar-refractivity contribution < 1.29 is 18.3 Å². The fourth-order valence-electron chi connectivity index (χ4n) is 3.89. The van der Waals surface area contributed by atoms with Gasteiger partial charge in [-0.05, 0) is 37.2 Å². The van der Waals surface area contributed by atoms with Gasteiger partial charge in [0.05, 0.1) is 5.92 Å². The lowest BCUT2D eigenvalue weighted by atomic mass is 9.84. The van der Waals surface area contributed by atoms with Gasteiger partial charge in [-0.1, -0.05) is 18.2 Å². The molecule has 2 aliphatic rings. The Labute approximate surface area is 128 Å². The Balaban J connectivity index is 1.62. The summed E-state index contributed by atoms with van der Waals surface area (Å²) in [6.07, 6.45) is 3.20. The van der Waals surface area contributed by atoms with Crippen molar-refractivity contribution in [3.8, 4) is 5.75 Å². The predicted octanol–water partition coefficient (Wildman–Crippen LogP) is 2.28. The molecule has 4 atom stereocenters. The van der Waals surface area contributed by atoms with E-state index in [4.69, 9.17) is 5.73 Å². The number of fused-ring (bicyclic) bond motifs is 2. The summed E-state index contributed by atoms with van der Waals surface area (Å²) < 4.78 is 29.2. The summed E-state index contributed by atoms with van der Waals surface area (Å²) in [6, 6.07) is 6.40. The van der Waals surface area contributed by atoms with E-state index >= 15 is 0 Å². The highest BCUT2D eigenvalue weighted by molar-refractivity contribution is 5.80. The van der Waals surface area contributed by atoms with Crippen molar-refractivity contribution in [2.45, 2.75) is 38.5 Å². The maximum atomic E-state index is 12.4. The molecule has 3 rings (SSSR count). The topological polar surface area (TPSA) is 64.4 Å². The van der Waals surface area contributed by atoms with Gasteiger partial charge in [0.1, 0.15) is 5.75 Å². The maximum absolute atomic E-state index is 12.4. The molecule has 0 aromatic heterocycles. The minimum atomic E-state index is -2.88. The van der Waals surface area contributed by atoms with Crippen molar-refractivity contribution in [1.82, 2.24) is 5.32 Å². The molecule has 2 saturated carbocycles. The van der Waals surface area contributed by atoms with E-state index in [0.29, 0.717) is 17.4 Å². The molecule has 2 fully saturated rings. The van der Waals surface area contributed by atoms with Gasteiger partial charge in [0.15, 0.2) is 0 Å². The van der Waals surface area contributed by atoms with Crippen molar-refractivity contribution in [2.75, 3.05) is 0 Å². The van der Waals surface area contributed by atoms with Gasteiger partial charge < -0.3 is 15.8 Å². The SMILES string of the molecule is NC1C2CCC(C2)C1C(=O)NCc1ccccc1OC(F)F. The molecule has 1 amide bonds. The van der Waals surface area contributed by atoms with Gasteiger partial charge in [0.25, 0.3) is 0 Å². The number of ether oxygens (including phenoxy) is 1. The van der Waals surface area contributed by atoms with Crippen LogP contribution in [0.25, 0.3) is 0 Å². The molecule has 0 saturated heterocycles. The number of nitrogens with one attached hydrogen (secondary N) is 1. The van der Waals surface area contributed by atoms with E-state index in [1.807, 2.05) is 0 Å². The Morgan fingerprint density at radius 1 is 1.32 bits per heavy atom. The second-order valence-electron chi connectivity index (χ2n) is 6.14. The molecule has 120 valence electrons. The van der Waals surface area contributed by atoms with Crippen molar-refractivity contribution in [3.63, 3.8) is 0 Å². The number of carbonyl (C=O) groups excluding carboxylic acids is 1. The molecule has 4 unspecified atom stereocenters. The number of nitrogens with two attached hydrogens (primary N) is 1. The van der Waals surface area contributed by atoms with Crippen LogP contribution in [-0.2, 0) is 11.3 Å². The largest absolute Gasteiger partial charge is 0.434 e.